The summed E-state index contributed by atoms with van der Waals surface area (Å²) in [5.74, 6) is 1.11. The van der Waals surface area contributed by atoms with Crippen molar-refractivity contribution in [3.05, 3.63) is 24.3 Å². The molecular weight excluding hydrogens is 250 g/mol. The second-order valence-electron chi connectivity index (χ2n) is 6.16. The molecule has 0 fully saturated rings. The molecule has 0 spiro atoms. The Labute approximate surface area is 122 Å². The van der Waals surface area contributed by atoms with Crippen molar-refractivity contribution in [2.75, 3.05) is 30.7 Å². The number of carbonyl (C=O) groups is 1. The highest BCUT2D eigenvalue weighted by atomic mass is 16.2. The van der Waals surface area contributed by atoms with E-state index in [0.29, 0.717) is 24.1 Å². The van der Waals surface area contributed by atoms with Crippen molar-refractivity contribution in [2.24, 2.45) is 11.8 Å². The number of nitrogens with one attached hydrogen (secondary N) is 1. The number of nitrogens with two attached hydrogens (primary N) is 1. The Bertz CT molecular complexity index is 419. The molecule has 0 radical (unpaired) electrons. The van der Waals surface area contributed by atoms with Crippen LogP contribution in [-0.4, -0.2) is 30.4 Å². The zero-order valence-electron chi connectivity index (χ0n) is 13.0. The van der Waals surface area contributed by atoms with Gasteiger partial charge in [0.05, 0.1) is 6.54 Å². The lowest BCUT2D eigenvalue weighted by atomic mass is 10.1. The quantitative estimate of drug-likeness (QED) is 0.753. The molecule has 0 bridgehead atoms. The Kier molecular flexibility index (Phi) is 6.52. The first kappa shape index (κ1) is 16.5. The number of amides is 1. The van der Waals surface area contributed by atoms with Crippen molar-refractivity contribution in [1.29, 1.82) is 0 Å². The van der Waals surface area contributed by atoms with Crippen molar-refractivity contribution < 1.29 is 4.79 Å². The molecule has 1 rings (SSSR count). The zero-order chi connectivity index (χ0) is 15.1. The van der Waals surface area contributed by atoms with Crippen molar-refractivity contribution in [2.45, 2.75) is 27.7 Å². The molecule has 0 unspecified atom stereocenters. The number of nitrogens with zero attached hydrogens (tertiary/aromatic N) is 1. The van der Waals surface area contributed by atoms with Gasteiger partial charge in [-0.1, -0.05) is 33.8 Å². The van der Waals surface area contributed by atoms with Gasteiger partial charge in [0.15, 0.2) is 0 Å². The molecular formula is C16H27N3O. The second kappa shape index (κ2) is 7.90. The third kappa shape index (κ3) is 6.57. The van der Waals surface area contributed by atoms with Gasteiger partial charge in [0, 0.05) is 24.5 Å². The highest BCUT2D eigenvalue weighted by Crippen LogP contribution is 2.12. The molecule has 112 valence electrons. The summed E-state index contributed by atoms with van der Waals surface area (Å²) in [6.07, 6.45) is 0. The van der Waals surface area contributed by atoms with Crippen molar-refractivity contribution in [3.63, 3.8) is 0 Å². The number of nitrogen functional groups attached to an aromatic ring is 1. The number of benzene rings is 1. The molecule has 3 N–H and O–H groups in total. The highest BCUT2D eigenvalue weighted by Gasteiger charge is 2.13. The van der Waals surface area contributed by atoms with Gasteiger partial charge in [-0.3, -0.25) is 9.69 Å². The van der Waals surface area contributed by atoms with E-state index in [1.807, 2.05) is 12.1 Å². The van der Waals surface area contributed by atoms with E-state index >= 15 is 0 Å². The van der Waals surface area contributed by atoms with Crippen molar-refractivity contribution in [1.82, 2.24) is 4.90 Å². The largest absolute Gasteiger partial charge is 0.399 e. The standard InChI is InChI=1S/C16H27N3O/c1-12(2)9-19(10-13(3)4)11-16(20)18-15-7-5-6-14(17)8-15/h5-8,12-13H,9-11,17H2,1-4H3,(H,18,20). The fourth-order valence-corrected chi connectivity index (χ4v) is 2.26. The van der Waals surface area contributed by atoms with Gasteiger partial charge >= 0.3 is 0 Å². The summed E-state index contributed by atoms with van der Waals surface area (Å²) in [5.41, 5.74) is 7.12. The van der Waals surface area contributed by atoms with E-state index < -0.39 is 0 Å². The molecule has 20 heavy (non-hydrogen) atoms. The molecule has 0 aliphatic heterocycles. The Morgan fingerprint density at radius 1 is 1.20 bits per heavy atom. The predicted octanol–water partition coefficient (Wildman–Crippen LogP) is 2.82. The van der Waals surface area contributed by atoms with E-state index in [-0.39, 0.29) is 5.91 Å². The molecule has 4 heteroatoms. The second-order valence-corrected chi connectivity index (χ2v) is 6.16. The average molecular weight is 277 g/mol. The van der Waals surface area contributed by atoms with Crippen LogP contribution in [0, 0.1) is 11.8 Å². The molecule has 4 nitrogen and oxygen atoms in total. The predicted molar refractivity (Wildman–Crippen MR) is 85.6 cm³/mol. The number of hydrogen-bond acceptors (Lipinski definition) is 3. The fraction of sp³-hybridized carbons (Fsp3) is 0.562. The van der Waals surface area contributed by atoms with E-state index in [0.717, 1.165) is 18.8 Å². The van der Waals surface area contributed by atoms with Crippen molar-refractivity contribution in [3.8, 4) is 0 Å². The fourth-order valence-electron chi connectivity index (χ4n) is 2.26. The summed E-state index contributed by atoms with van der Waals surface area (Å²) in [4.78, 5) is 14.3. The Hall–Kier alpha value is -1.55. The molecule has 0 heterocycles. The van der Waals surface area contributed by atoms with Crippen molar-refractivity contribution >= 4 is 17.3 Å². The first-order valence-electron chi connectivity index (χ1n) is 7.24. The van der Waals surface area contributed by atoms with Crippen LogP contribution in [-0.2, 0) is 4.79 Å². The van der Waals surface area contributed by atoms with Gasteiger partial charge in [0.2, 0.25) is 5.91 Å². The van der Waals surface area contributed by atoms with Crippen LogP contribution in [0.5, 0.6) is 0 Å². The number of anilines is 2. The monoisotopic (exact) mass is 277 g/mol. The van der Waals surface area contributed by atoms with Crippen LogP contribution in [0.3, 0.4) is 0 Å². The maximum absolute atomic E-state index is 12.1. The Morgan fingerprint density at radius 2 is 1.80 bits per heavy atom. The first-order chi connectivity index (χ1) is 9.36. The van der Waals surface area contributed by atoms with Crippen LogP contribution in [0.15, 0.2) is 24.3 Å². The van der Waals surface area contributed by atoms with Gasteiger partial charge in [-0.2, -0.15) is 0 Å². The van der Waals surface area contributed by atoms with Crippen LogP contribution in [0.4, 0.5) is 11.4 Å². The van der Waals surface area contributed by atoms with E-state index in [1.54, 1.807) is 12.1 Å². The van der Waals surface area contributed by atoms with Crippen LogP contribution >= 0.6 is 0 Å². The summed E-state index contributed by atoms with van der Waals surface area (Å²) in [6.45, 7) is 11.0. The van der Waals surface area contributed by atoms with Gasteiger partial charge in [0.25, 0.3) is 0 Å². The molecule has 0 atom stereocenters. The summed E-state index contributed by atoms with van der Waals surface area (Å²) in [5, 5.41) is 2.90. The summed E-state index contributed by atoms with van der Waals surface area (Å²) < 4.78 is 0. The topological polar surface area (TPSA) is 58.4 Å². The molecule has 1 aromatic carbocycles. The maximum Gasteiger partial charge on any atom is 0.238 e. The summed E-state index contributed by atoms with van der Waals surface area (Å²) in [6, 6.07) is 7.26. The Morgan fingerprint density at radius 3 is 2.30 bits per heavy atom. The van der Waals surface area contributed by atoms with Gasteiger partial charge < -0.3 is 11.1 Å². The molecule has 0 saturated heterocycles. The maximum atomic E-state index is 12.1. The van der Waals surface area contributed by atoms with Crippen LogP contribution in [0.2, 0.25) is 0 Å². The molecule has 0 aromatic heterocycles. The smallest absolute Gasteiger partial charge is 0.238 e. The third-order valence-electron chi connectivity index (χ3n) is 2.78. The highest BCUT2D eigenvalue weighted by molar-refractivity contribution is 5.92. The lowest BCUT2D eigenvalue weighted by Gasteiger charge is -2.25. The number of carbonyl (C=O) groups excluding carboxylic acids is 1. The van der Waals surface area contributed by atoms with Crippen LogP contribution in [0.1, 0.15) is 27.7 Å². The minimum atomic E-state index is 0.0110. The molecule has 1 amide bonds. The summed E-state index contributed by atoms with van der Waals surface area (Å²) >= 11 is 0. The molecule has 0 aliphatic carbocycles. The SMILES string of the molecule is CC(C)CN(CC(=O)Nc1cccc(N)c1)CC(C)C. The van der Waals surface area contributed by atoms with E-state index in [4.69, 9.17) is 5.73 Å². The van der Waals surface area contributed by atoms with Gasteiger partial charge in [-0.25, -0.2) is 0 Å². The third-order valence-corrected chi connectivity index (χ3v) is 2.78. The number of hydrogen-bond donors (Lipinski definition) is 2. The first-order valence-corrected chi connectivity index (χ1v) is 7.24. The lowest BCUT2D eigenvalue weighted by molar-refractivity contribution is -0.117. The van der Waals surface area contributed by atoms with Gasteiger partial charge in [-0.05, 0) is 30.0 Å². The molecule has 1 aromatic rings. The number of rotatable bonds is 7. The van der Waals surface area contributed by atoms with E-state index in [9.17, 15) is 4.79 Å². The average Bonchev–Trinajstić information content (AvgIpc) is 2.26. The van der Waals surface area contributed by atoms with Crippen LogP contribution in [0.25, 0.3) is 0 Å². The van der Waals surface area contributed by atoms with Gasteiger partial charge in [0.1, 0.15) is 0 Å². The van der Waals surface area contributed by atoms with E-state index in [1.165, 1.54) is 0 Å². The minimum Gasteiger partial charge on any atom is -0.399 e. The lowest BCUT2D eigenvalue weighted by Crippen LogP contribution is -2.38. The Balaban J connectivity index is 2.56. The van der Waals surface area contributed by atoms with E-state index in [2.05, 4.69) is 37.9 Å². The molecule has 0 saturated carbocycles. The minimum absolute atomic E-state index is 0.0110. The molecule has 0 aliphatic rings. The van der Waals surface area contributed by atoms with Crippen LogP contribution < -0.4 is 11.1 Å². The van der Waals surface area contributed by atoms with Gasteiger partial charge in [-0.15, -0.1) is 0 Å². The normalized spacial score (nSPS) is 11.3. The zero-order valence-corrected chi connectivity index (χ0v) is 13.0. The summed E-state index contributed by atoms with van der Waals surface area (Å²) in [7, 11) is 0.